The molecule has 1 aromatic carbocycles. The molecule has 2 aromatic rings. The molecule has 0 bridgehead atoms. The van der Waals surface area contributed by atoms with E-state index in [4.69, 9.17) is 0 Å². The second-order valence-electron chi connectivity index (χ2n) is 6.43. The number of nitrogens with zero attached hydrogens (tertiary/aromatic N) is 2. The molecule has 0 amide bonds. The van der Waals surface area contributed by atoms with Crippen LogP contribution in [0.4, 0.5) is 30.6 Å². The molecule has 0 saturated carbocycles. The van der Waals surface area contributed by atoms with Crippen molar-refractivity contribution >= 4 is 27.3 Å². The summed E-state index contributed by atoms with van der Waals surface area (Å²) >= 11 is 0. The van der Waals surface area contributed by atoms with Crippen LogP contribution in [0.3, 0.4) is 0 Å². The Hall–Kier alpha value is -2.40. The number of benzene rings is 1. The Labute approximate surface area is 153 Å². The topological polar surface area (TPSA) is 96.0 Å². The number of hydrogen-bond donors (Lipinski definition) is 3. The summed E-state index contributed by atoms with van der Waals surface area (Å²) in [5.74, 6) is -0.494. The highest BCUT2D eigenvalue weighted by Gasteiger charge is 2.47. The predicted octanol–water partition coefficient (Wildman–Crippen LogP) is 2.12. The number of nitrogens with one attached hydrogen (secondary N) is 3. The lowest BCUT2D eigenvalue weighted by Gasteiger charge is -2.13. The van der Waals surface area contributed by atoms with E-state index in [-0.39, 0.29) is 17.7 Å². The molecule has 2 atom stereocenters. The second-order valence-corrected chi connectivity index (χ2v) is 8.56. The van der Waals surface area contributed by atoms with Gasteiger partial charge in [0.1, 0.15) is 11.4 Å². The van der Waals surface area contributed by atoms with E-state index in [0.717, 1.165) is 0 Å². The van der Waals surface area contributed by atoms with Crippen molar-refractivity contribution in [2.75, 3.05) is 30.8 Å². The van der Waals surface area contributed by atoms with E-state index >= 15 is 0 Å². The van der Waals surface area contributed by atoms with Crippen LogP contribution in [0, 0.1) is 0 Å². The van der Waals surface area contributed by atoms with Gasteiger partial charge in [-0.25, -0.2) is 13.4 Å². The van der Waals surface area contributed by atoms with Gasteiger partial charge in [-0.1, -0.05) is 0 Å². The molecule has 11 heteroatoms. The van der Waals surface area contributed by atoms with Gasteiger partial charge in [0.05, 0.1) is 10.1 Å². The summed E-state index contributed by atoms with van der Waals surface area (Å²) in [6.07, 6.45) is -3.86. The van der Waals surface area contributed by atoms with E-state index in [2.05, 4.69) is 25.9 Å². The molecule has 0 aliphatic carbocycles. The maximum Gasteiger partial charge on any atom is 0.421 e. The fourth-order valence-electron chi connectivity index (χ4n) is 3.60. The number of fused-ring (bicyclic) bond motifs is 3. The molecular formula is C16H16F3N5O2S. The number of aromatic nitrogens is 2. The summed E-state index contributed by atoms with van der Waals surface area (Å²) in [5.41, 5.74) is 0.254. The van der Waals surface area contributed by atoms with Crippen molar-refractivity contribution in [1.29, 1.82) is 0 Å². The highest BCUT2D eigenvalue weighted by molar-refractivity contribution is 7.92. The van der Waals surface area contributed by atoms with Gasteiger partial charge in [-0.05, 0) is 23.8 Å². The molecule has 1 aromatic heterocycles. The van der Waals surface area contributed by atoms with Crippen molar-refractivity contribution in [2.24, 2.45) is 0 Å². The largest absolute Gasteiger partial charge is 0.421 e. The lowest BCUT2D eigenvalue weighted by molar-refractivity contribution is -0.137. The van der Waals surface area contributed by atoms with Crippen molar-refractivity contribution in [3.05, 3.63) is 35.5 Å². The van der Waals surface area contributed by atoms with Crippen molar-refractivity contribution in [1.82, 2.24) is 15.3 Å². The molecule has 0 spiro atoms. The normalized spacial score (nSPS) is 23.0. The molecule has 144 valence electrons. The molecule has 2 aliphatic rings. The smallest absolute Gasteiger partial charge is 0.372 e. The number of sulfone groups is 1. The van der Waals surface area contributed by atoms with Gasteiger partial charge in [0, 0.05) is 37.9 Å². The summed E-state index contributed by atoms with van der Waals surface area (Å²) in [4.78, 5) is 7.90. The second kappa shape index (κ2) is 6.06. The minimum Gasteiger partial charge on any atom is -0.372 e. The third-order valence-corrected chi connectivity index (χ3v) is 7.14. The zero-order valence-corrected chi connectivity index (χ0v) is 14.9. The van der Waals surface area contributed by atoms with Crippen LogP contribution < -0.4 is 16.0 Å². The number of rotatable bonds is 3. The van der Waals surface area contributed by atoms with Gasteiger partial charge in [0.25, 0.3) is 0 Å². The number of hydrogen-bond acceptors (Lipinski definition) is 7. The van der Waals surface area contributed by atoms with Crippen LogP contribution in [0.2, 0.25) is 0 Å². The van der Waals surface area contributed by atoms with E-state index in [1.807, 2.05) is 0 Å². The van der Waals surface area contributed by atoms with Crippen molar-refractivity contribution in [3.63, 3.8) is 0 Å². The predicted molar refractivity (Wildman–Crippen MR) is 92.9 cm³/mol. The van der Waals surface area contributed by atoms with Crippen LogP contribution >= 0.6 is 0 Å². The SMILES string of the molecule is CNc1nc(Nc2ccc3c(c2)C2CNCC2S3(=O)=O)ncc1C(F)(F)F. The van der Waals surface area contributed by atoms with E-state index in [1.165, 1.54) is 13.1 Å². The molecule has 7 nitrogen and oxygen atoms in total. The third-order valence-electron chi connectivity index (χ3n) is 4.86. The van der Waals surface area contributed by atoms with Crippen LogP contribution in [0.1, 0.15) is 17.0 Å². The van der Waals surface area contributed by atoms with Gasteiger partial charge in [-0.3, -0.25) is 0 Å². The third kappa shape index (κ3) is 2.90. The lowest BCUT2D eigenvalue weighted by Crippen LogP contribution is -2.22. The molecule has 2 aliphatic heterocycles. The Morgan fingerprint density at radius 2 is 2.04 bits per heavy atom. The van der Waals surface area contributed by atoms with Crippen molar-refractivity contribution in [2.45, 2.75) is 22.2 Å². The molecule has 1 fully saturated rings. The summed E-state index contributed by atoms with van der Waals surface area (Å²) in [6.45, 7) is 0.985. The van der Waals surface area contributed by atoms with E-state index in [0.29, 0.717) is 35.4 Å². The highest BCUT2D eigenvalue weighted by atomic mass is 32.2. The van der Waals surface area contributed by atoms with Crippen LogP contribution in [0.25, 0.3) is 0 Å². The zero-order chi connectivity index (χ0) is 19.4. The van der Waals surface area contributed by atoms with Gasteiger partial charge in [-0.2, -0.15) is 18.2 Å². The highest BCUT2D eigenvalue weighted by Crippen LogP contribution is 2.43. The minimum absolute atomic E-state index is 0.0192. The Morgan fingerprint density at radius 3 is 2.74 bits per heavy atom. The summed E-state index contributed by atoms with van der Waals surface area (Å²) in [7, 11) is -2.02. The molecule has 3 heterocycles. The monoisotopic (exact) mass is 399 g/mol. The van der Waals surface area contributed by atoms with E-state index < -0.39 is 26.8 Å². The first-order chi connectivity index (χ1) is 12.7. The first-order valence-corrected chi connectivity index (χ1v) is 9.74. The average Bonchev–Trinajstić information content (AvgIpc) is 3.17. The molecule has 3 N–H and O–H groups in total. The molecule has 27 heavy (non-hydrogen) atoms. The van der Waals surface area contributed by atoms with Crippen molar-refractivity contribution < 1.29 is 21.6 Å². The molecular weight excluding hydrogens is 383 g/mol. The Balaban J connectivity index is 1.67. The zero-order valence-electron chi connectivity index (χ0n) is 14.1. The van der Waals surface area contributed by atoms with Gasteiger partial charge in [0.2, 0.25) is 5.95 Å². The van der Waals surface area contributed by atoms with Gasteiger partial charge in [-0.15, -0.1) is 0 Å². The standard InChI is InChI=1S/C16H16F3N5O2S/c1-20-14-11(16(17,18)19)6-22-15(24-14)23-8-2-3-12-9(4-8)10-5-21-7-13(10)27(12,25)26/h2-4,6,10,13,21H,5,7H2,1H3,(H2,20,22,23,24). The number of anilines is 3. The van der Waals surface area contributed by atoms with Crippen LogP contribution in [-0.2, 0) is 16.0 Å². The number of halogens is 3. The Kier molecular flexibility index (Phi) is 4.04. The average molecular weight is 399 g/mol. The first-order valence-electron chi connectivity index (χ1n) is 8.19. The van der Waals surface area contributed by atoms with Crippen LogP contribution in [0.15, 0.2) is 29.3 Å². The minimum atomic E-state index is -4.57. The molecule has 4 rings (SSSR count). The number of alkyl halides is 3. The quantitative estimate of drug-likeness (QED) is 0.728. The summed E-state index contributed by atoms with van der Waals surface area (Å²) in [5, 5.41) is 7.88. The maximum absolute atomic E-state index is 12.9. The van der Waals surface area contributed by atoms with Crippen LogP contribution in [-0.4, -0.2) is 43.8 Å². The van der Waals surface area contributed by atoms with Crippen molar-refractivity contribution in [3.8, 4) is 0 Å². The molecule has 0 radical (unpaired) electrons. The summed E-state index contributed by atoms with van der Waals surface area (Å²) in [6, 6.07) is 4.78. The lowest BCUT2D eigenvalue weighted by atomic mass is 9.98. The van der Waals surface area contributed by atoms with Gasteiger partial charge < -0.3 is 16.0 Å². The first kappa shape index (κ1) is 18.0. The summed E-state index contributed by atoms with van der Waals surface area (Å²) < 4.78 is 63.9. The molecule has 1 saturated heterocycles. The van der Waals surface area contributed by atoms with Gasteiger partial charge >= 0.3 is 6.18 Å². The van der Waals surface area contributed by atoms with E-state index in [1.54, 1.807) is 12.1 Å². The Morgan fingerprint density at radius 1 is 1.26 bits per heavy atom. The molecule has 2 unspecified atom stereocenters. The fourth-order valence-corrected chi connectivity index (χ4v) is 5.73. The van der Waals surface area contributed by atoms with Crippen LogP contribution in [0.5, 0.6) is 0 Å². The maximum atomic E-state index is 12.9. The van der Waals surface area contributed by atoms with Gasteiger partial charge in [0.15, 0.2) is 9.84 Å². The Bertz CT molecular complexity index is 1010. The fraction of sp³-hybridized carbons (Fsp3) is 0.375. The van der Waals surface area contributed by atoms with E-state index in [9.17, 15) is 21.6 Å².